The lowest BCUT2D eigenvalue weighted by molar-refractivity contribution is -0.111. The molecule has 3 nitrogen and oxygen atoms in total. The molecule has 0 radical (unpaired) electrons. The number of nitrogens with zero attached hydrogens (tertiary/aromatic N) is 1. The average Bonchev–Trinajstić information content (AvgIpc) is 2.85. The van der Waals surface area contributed by atoms with Crippen LogP contribution in [0.25, 0.3) is 10.6 Å². The van der Waals surface area contributed by atoms with E-state index in [2.05, 4.69) is 16.9 Å². The van der Waals surface area contributed by atoms with E-state index < -0.39 is 0 Å². The van der Waals surface area contributed by atoms with E-state index in [1.165, 1.54) is 17.4 Å². The molecule has 0 aromatic carbocycles. The lowest BCUT2D eigenvalue weighted by Gasteiger charge is -1.93. The van der Waals surface area contributed by atoms with Crippen molar-refractivity contribution in [3.8, 4) is 10.6 Å². The highest BCUT2D eigenvalue weighted by Gasteiger charge is 2.06. The number of hydrogen-bond donors (Lipinski definition) is 1. The monoisotopic (exact) mass is 236 g/mol. The highest BCUT2D eigenvalue weighted by molar-refractivity contribution is 7.16. The van der Waals surface area contributed by atoms with Crippen LogP contribution in [0.1, 0.15) is 0 Å². The van der Waals surface area contributed by atoms with Gasteiger partial charge in [-0.15, -0.1) is 22.7 Å². The van der Waals surface area contributed by atoms with Crippen molar-refractivity contribution < 1.29 is 4.79 Å². The standard InChI is InChI=1S/C10H8N2OS2/c1-2-9(13)12-10-11-7(6-15-10)8-4-3-5-14-8/h2-6H,1H2,(H,11,12,13). The van der Waals surface area contributed by atoms with Crippen LogP contribution in [0.3, 0.4) is 0 Å². The van der Waals surface area contributed by atoms with Gasteiger partial charge in [0.1, 0.15) is 0 Å². The Morgan fingerprint density at radius 3 is 3.07 bits per heavy atom. The maximum absolute atomic E-state index is 11.0. The Morgan fingerprint density at radius 2 is 2.40 bits per heavy atom. The number of anilines is 1. The number of carbonyl (C=O) groups is 1. The lowest BCUT2D eigenvalue weighted by Crippen LogP contribution is -2.06. The van der Waals surface area contributed by atoms with Crippen molar-refractivity contribution in [1.29, 1.82) is 0 Å². The fourth-order valence-electron chi connectivity index (χ4n) is 1.03. The van der Waals surface area contributed by atoms with Crippen LogP contribution < -0.4 is 5.32 Å². The van der Waals surface area contributed by atoms with Gasteiger partial charge in [-0.2, -0.15) is 0 Å². The molecule has 0 saturated carbocycles. The molecule has 0 saturated heterocycles. The fourth-order valence-corrected chi connectivity index (χ4v) is 2.50. The van der Waals surface area contributed by atoms with Crippen LogP contribution in [0.15, 0.2) is 35.5 Å². The Hall–Kier alpha value is -1.46. The van der Waals surface area contributed by atoms with Crippen molar-refractivity contribution in [2.75, 3.05) is 5.32 Å². The molecule has 0 unspecified atom stereocenters. The van der Waals surface area contributed by atoms with Gasteiger partial charge in [-0.25, -0.2) is 4.98 Å². The largest absolute Gasteiger partial charge is 0.298 e. The summed E-state index contributed by atoms with van der Waals surface area (Å²) in [4.78, 5) is 16.4. The van der Waals surface area contributed by atoms with Gasteiger partial charge in [0.05, 0.1) is 10.6 Å². The molecular formula is C10H8N2OS2. The molecule has 0 aliphatic carbocycles. The van der Waals surface area contributed by atoms with E-state index in [1.807, 2.05) is 22.9 Å². The van der Waals surface area contributed by atoms with Crippen LogP contribution in [0, 0.1) is 0 Å². The van der Waals surface area contributed by atoms with Crippen LogP contribution in [0.4, 0.5) is 5.13 Å². The highest BCUT2D eigenvalue weighted by Crippen LogP contribution is 2.28. The van der Waals surface area contributed by atoms with Crippen molar-refractivity contribution in [2.24, 2.45) is 0 Å². The molecule has 15 heavy (non-hydrogen) atoms. The molecule has 2 heterocycles. The minimum atomic E-state index is -0.234. The second kappa shape index (κ2) is 4.37. The summed E-state index contributed by atoms with van der Waals surface area (Å²) in [6.45, 7) is 3.38. The van der Waals surface area contributed by atoms with E-state index in [1.54, 1.807) is 11.3 Å². The molecule has 1 N–H and O–H groups in total. The van der Waals surface area contributed by atoms with Gasteiger partial charge in [-0.1, -0.05) is 12.6 Å². The maximum atomic E-state index is 11.0. The first kappa shape index (κ1) is 10.1. The third-order valence-electron chi connectivity index (χ3n) is 1.69. The first-order valence-corrected chi connectivity index (χ1v) is 5.98. The molecule has 0 spiro atoms. The summed E-state index contributed by atoms with van der Waals surface area (Å²) in [5.74, 6) is -0.234. The van der Waals surface area contributed by atoms with Gasteiger partial charge in [-0.05, 0) is 17.5 Å². The topological polar surface area (TPSA) is 42.0 Å². The van der Waals surface area contributed by atoms with Gasteiger partial charge in [0.25, 0.3) is 0 Å². The van der Waals surface area contributed by atoms with E-state index in [9.17, 15) is 4.79 Å². The molecule has 2 aromatic rings. The van der Waals surface area contributed by atoms with E-state index >= 15 is 0 Å². The summed E-state index contributed by atoms with van der Waals surface area (Å²) in [6, 6.07) is 3.97. The van der Waals surface area contributed by atoms with E-state index in [0.29, 0.717) is 5.13 Å². The van der Waals surface area contributed by atoms with E-state index in [4.69, 9.17) is 0 Å². The normalized spacial score (nSPS) is 9.87. The number of carbonyl (C=O) groups excluding carboxylic acids is 1. The minimum absolute atomic E-state index is 0.234. The second-order valence-corrected chi connectivity index (χ2v) is 4.51. The van der Waals surface area contributed by atoms with Crippen LogP contribution in [-0.2, 0) is 4.79 Å². The van der Waals surface area contributed by atoms with E-state index in [0.717, 1.165) is 10.6 Å². The van der Waals surface area contributed by atoms with Crippen molar-refractivity contribution in [2.45, 2.75) is 0 Å². The number of aromatic nitrogens is 1. The van der Waals surface area contributed by atoms with E-state index in [-0.39, 0.29) is 5.91 Å². The number of nitrogens with one attached hydrogen (secondary N) is 1. The predicted molar refractivity (Wildman–Crippen MR) is 64.3 cm³/mol. The first-order valence-electron chi connectivity index (χ1n) is 4.22. The molecule has 0 atom stereocenters. The van der Waals surface area contributed by atoms with Gasteiger partial charge in [0.2, 0.25) is 5.91 Å². The minimum Gasteiger partial charge on any atom is -0.298 e. The van der Waals surface area contributed by atoms with Gasteiger partial charge in [0, 0.05) is 5.38 Å². The average molecular weight is 236 g/mol. The number of thiophene rings is 1. The summed E-state index contributed by atoms with van der Waals surface area (Å²) in [5.41, 5.74) is 0.898. The second-order valence-electron chi connectivity index (χ2n) is 2.71. The Kier molecular flexibility index (Phi) is 2.94. The summed E-state index contributed by atoms with van der Waals surface area (Å²) in [6.07, 6.45) is 1.23. The van der Waals surface area contributed by atoms with Crippen LogP contribution in [-0.4, -0.2) is 10.9 Å². The SMILES string of the molecule is C=CC(=O)Nc1nc(-c2cccs2)cs1. The quantitative estimate of drug-likeness (QED) is 0.832. The maximum Gasteiger partial charge on any atom is 0.249 e. The van der Waals surface area contributed by atoms with Crippen LogP contribution in [0.2, 0.25) is 0 Å². The molecule has 0 bridgehead atoms. The summed E-state index contributed by atoms with van der Waals surface area (Å²) < 4.78 is 0. The molecule has 0 aliphatic heterocycles. The molecule has 5 heteroatoms. The summed E-state index contributed by atoms with van der Waals surface area (Å²) in [5, 5.41) is 7.15. The number of thiazole rings is 1. The molecule has 1 amide bonds. The van der Waals surface area contributed by atoms with Gasteiger partial charge < -0.3 is 0 Å². The van der Waals surface area contributed by atoms with Crippen LogP contribution in [0.5, 0.6) is 0 Å². The lowest BCUT2D eigenvalue weighted by atomic mass is 10.4. The van der Waals surface area contributed by atoms with Crippen molar-refractivity contribution in [3.05, 3.63) is 35.5 Å². The first-order chi connectivity index (χ1) is 7.29. The van der Waals surface area contributed by atoms with Gasteiger partial charge in [0.15, 0.2) is 5.13 Å². The van der Waals surface area contributed by atoms with Crippen molar-refractivity contribution >= 4 is 33.7 Å². The predicted octanol–water partition coefficient (Wildman–Crippen LogP) is 3.00. The van der Waals surface area contributed by atoms with Crippen LogP contribution >= 0.6 is 22.7 Å². The smallest absolute Gasteiger partial charge is 0.249 e. The van der Waals surface area contributed by atoms with Crippen molar-refractivity contribution in [1.82, 2.24) is 4.98 Å². The van der Waals surface area contributed by atoms with Crippen molar-refractivity contribution in [3.63, 3.8) is 0 Å². The molecule has 2 rings (SSSR count). The summed E-state index contributed by atoms with van der Waals surface area (Å²) in [7, 11) is 0. The Morgan fingerprint density at radius 1 is 1.53 bits per heavy atom. The zero-order valence-electron chi connectivity index (χ0n) is 7.77. The molecule has 0 aliphatic rings. The highest BCUT2D eigenvalue weighted by atomic mass is 32.1. The zero-order valence-corrected chi connectivity index (χ0v) is 9.40. The molecule has 0 fully saturated rings. The summed E-state index contributed by atoms with van der Waals surface area (Å²) >= 11 is 3.03. The number of hydrogen-bond acceptors (Lipinski definition) is 4. The third-order valence-corrected chi connectivity index (χ3v) is 3.34. The number of rotatable bonds is 3. The zero-order chi connectivity index (χ0) is 10.7. The third kappa shape index (κ3) is 2.31. The Bertz CT molecular complexity index is 473. The Labute approximate surface area is 95.1 Å². The fraction of sp³-hybridized carbons (Fsp3) is 0. The molecular weight excluding hydrogens is 228 g/mol. The molecule has 2 aromatic heterocycles. The van der Waals surface area contributed by atoms with Gasteiger partial charge in [-0.3, -0.25) is 10.1 Å². The van der Waals surface area contributed by atoms with Gasteiger partial charge >= 0.3 is 0 Å². The number of amides is 1. The Balaban J connectivity index is 2.17. The molecule has 76 valence electrons.